The minimum Gasteiger partial charge on any atom is -0.345 e. The minimum atomic E-state index is -5.00. The molecule has 0 saturated carbocycles. The first-order valence-corrected chi connectivity index (χ1v) is 6.72. The van der Waals surface area contributed by atoms with E-state index < -0.39 is 41.0 Å². The quantitative estimate of drug-likeness (QED) is 0.830. The molecule has 0 unspecified atom stereocenters. The molecule has 1 aromatic carbocycles. The summed E-state index contributed by atoms with van der Waals surface area (Å²) >= 11 is 0. The molecule has 2 amide bonds. The van der Waals surface area contributed by atoms with Crippen LogP contribution in [0.3, 0.4) is 0 Å². The maximum Gasteiger partial charge on any atom is 0.416 e. The van der Waals surface area contributed by atoms with Crippen LogP contribution in [0, 0.1) is 5.92 Å². The lowest BCUT2D eigenvalue weighted by Crippen LogP contribution is -2.26. The van der Waals surface area contributed by atoms with Crippen molar-refractivity contribution < 1.29 is 35.9 Å². The highest BCUT2D eigenvalue weighted by atomic mass is 19.4. The van der Waals surface area contributed by atoms with Gasteiger partial charge >= 0.3 is 12.4 Å². The molecular weight excluding hydrogens is 342 g/mol. The second-order valence-electron chi connectivity index (χ2n) is 5.46. The number of likely N-dealkylation sites (tertiary alicyclic amines) is 1. The van der Waals surface area contributed by atoms with Crippen molar-refractivity contribution in [3.63, 3.8) is 0 Å². The van der Waals surface area contributed by atoms with Crippen molar-refractivity contribution in [2.75, 3.05) is 18.9 Å². The molecule has 132 valence electrons. The number of hydrogen-bond acceptors (Lipinski definition) is 2. The van der Waals surface area contributed by atoms with Gasteiger partial charge in [-0.15, -0.1) is 0 Å². The molecule has 0 aromatic heterocycles. The second-order valence-corrected chi connectivity index (χ2v) is 5.46. The van der Waals surface area contributed by atoms with Crippen LogP contribution in [-0.2, 0) is 21.9 Å². The van der Waals surface area contributed by atoms with Crippen molar-refractivity contribution in [3.8, 4) is 0 Å². The van der Waals surface area contributed by atoms with Crippen molar-refractivity contribution in [2.45, 2.75) is 18.8 Å². The summed E-state index contributed by atoms with van der Waals surface area (Å²) in [6.07, 6.45) is -10.1. The van der Waals surface area contributed by atoms with E-state index in [4.69, 9.17) is 0 Å². The van der Waals surface area contributed by atoms with Crippen LogP contribution in [0.25, 0.3) is 0 Å². The van der Waals surface area contributed by atoms with Gasteiger partial charge in [0.25, 0.3) is 0 Å². The summed E-state index contributed by atoms with van der Waals surface area (Å²) in [6, 6.07) is 0.823. The van der Waals surface area contributed by atoms with Gasteiger partial charge in [0, 0.05) is 25.7 Å². The first-order chi connectivity index (χ1) is 10.9. The van der Waals surface area contributed by atoms with Crippen LogP contribution < -0.4 is 5.32 Å². The SMILES string of the molecule is CN1C[C@H](C(=O)Nc2cc(C(F)(F)F)cc(C(F)(F)F)c2)CC1=O. The minimum absolute atomic E-state index is 0.0253. The molecule has 1 fully saturated rings. The number of anilines is 1. The summed E-state index contributed by atoms with van der Waals surface area (Å²) in [5.74, 6) is -1.96. The summed E-state index contributed by atoms with van der Waals surface area (Å²) < 4.78 is 76.5. The Morgan fingerprint density at radius 2 is 1.58 bits per heavy atom. The van der Waals surface area contributed by atoms with Crippen molar-refractivity contribution in [2.24, 2.45) is 5.92 Å². The van der Waals surface area contributed by atoms with Crippen molar-refractivity contribution >= 4 is 17.5 Å². The molecule has 2 rings (SSSR count). The maximum atomic E-state index is 12.7. The Morgan fingerprint density at radius 1 is 1.08 bits per heavy atom. The summed E-state index contributed by atoms with van der Waals surface area (Å²) in [5.41, 5.74) is -3.66. The first kappa shape index (κ1) is 18.1. The third-order valence-electron chi connectivity index (χ3n) is 3.57. The summed E-state index contributed by atoms with van der Waals surface area (Å²) in [4.78, 5) is 24.6. The highest BCUT2D eigenvalue weighted by Crippen LogP contribution is 2.37. The van der Waals surface area contributed by atoms with E-state index in [2.05, 4.69) is 0 Å². The largest absolute Gasteiger partial charge is 0.416 e. The third kappa shape index (κ3) is 3.98. The number of nitrogens with zero attached hydrogens (tertiary/aromatic N) is 1. The number of rotatable bonds is 2. The zero-order valence-corrected chi connectivity index (χ0v) is 12.3. The van der Waals surface area contributed by atoms with Gasteiger partial charge in [-0.1, -0.05) is 0 Å². The number of benzene rings is 1. The van der Waals surface area contributed by atoms with Gasteiger partial charge in [0.1, 0.15) is 0 Å². The van der Waals surface area contributed by atoms with Gasteiger partial charge in [-0.3, -0.25) is 9.59 Å². The van der Waals surface area contributed by atoms with E-state index >= 15 is 0 Å². The number of amides is 2. The van der Waals surface area contributed by atoms with E-state index in [1.165, 1.54) is 11.9 Å². The van der Waals surface area contributed by atoms with E-state index in [-0.39, 0.29) is 24.9 Å². The Labute approximate surface area is 132 Å². The molecule has 24 heavy (non-hydrogen) atoms. The maximum absolute atomic E-state index is 12.7. The molecule has 1 aromatic rings. The van der Waals surface area contributed by atoms with Crippen LogP contribution in [0.1, 0.15) is 17.5 Å². The van der Waals surface area contributed by atoms with Crippen LogP contribution in [0.5, 0.6) is 0 Å². The zero-order chi connectivity index (χ0) is 18.3. The molecule has 1 aliphatic heterocycles. The molecule has 1 aliphatic rings. The topological polar surface area (TPSA) is 49.4 Å². The molecule has 4 nitrogen and oxygen atoms in total. The van der Waals surface area contributed by atoms with Crippen LogP contribution >= 0.6 is 0 Å². The summed E-state index contributed by atoms with van der Waals surface area (Å²) in [5, 5.41) is 2.03. The Morgan fingerprint density at radius 3 is 1.96 bits per heavy atom. The standard InChI is InChI=1S/C14H12F6N2O2/c1-22-6-7(2-11(22)23)12(24)21-10-4-8(13(15,16)17)3-9(5-10)14(18,19)20/h3-5,7H,2,6H2,1H3,(H,21,24)/t7-/m1/s1. The van der Waals surface area contributed by atoms with Gasteiger partial charge in [-0.2, -0.15) is 26.3 Å². The predicted octanol–water partition coefficient (Wildman–Crippen LogP) is 3.14. The average molecular weight is 354 g/mol. The molecule has 1 atom stereocenters. The first-order valence-electron chi connectivity index (χ1n) is 6.72. The number of hydrogen-bond donors (Lipinski definition) is 1. The second kappa shape index (κ2) is 5.99. The van der Waals surface area contributed by atoms with Gasteiger partial charge in [0.15, 0.2) is 0 Å². The molecular formula is C14H12F6N2O2. The third-order valence-corrected chi connectivity index (χ3v) is 3.57. The average Bonchev–Trinajstić information content (AvgIpc) is 2.76. The van der Waals surface area contributed by atoms with Gasteiger partial charge in [0.05, 0.1) is 17.0 Å². The fraction of sp³-hybridized carbons (Fsp3) is 0.429. The highest BCUT2D eigenvalue weighted by Gasteiger charge is 2.38. The Hall–Kier alpha value is -2.26. The molecule has 0 radical (unpaired) electrons. The van der Waals surface area contributed by atoms with E-state index in [0.717, 1.165) is 0 Å². The van der Waals surface area contributed by atoms with Crippen LogP contribution in [0.2, 0.25) is 0 Å². The van der Waals surface area contributed by atoms with Crippen LogP contribution in [-0.4, -0.2) is 30.3 Å². The Kier molecular flexibility index (Phi) is 4.51. The summed E-state index contributed by atoms with van der Waals surface area (Å²) in [7, 11) is 1.45. The lowest BCUT2D eigenvalue weighted by molar-refractivity contribution is -0.143. The normalized spacial score (nSPS) is 18.9. The van der Waals surface area contributed by atoms with E-state index in [9.17, 15) is 35.9 Å². The molecule has 1 heterocycles. The molecule has 0 aliphatic carbocycles. The van der Waals surface area contributed by atoms with Crippen molar-refractivity contribution in [1.82, 2.24) is 4.90 Å². The molecule has 1 saturated heterocycles. The van der Waals surface area contributed by atoms with Crippen molar-refractivity contribution in [1.29, 1.82) is 0 Å². The smallest absolute Gasteiger partial charge is 0.345 e. The van der Waals surface area contributed by atoms with Gasteiger partial charge < -0.3 is 10.2 Å². The highest BCUT2D eigenvalue weighted by molar-refractivity contribution is 5.97. The Balaban J connectivity index is 2.29. The number of halogens is 6. The van der Waals surface area contributed by atoms with Crippen molar-refractivity contribution in [3.05, 3.63) is 29.3 Å². The lowest BCUT2D eigenvalue weighted by Gasteiger charge is -2.16. The number of alkyl halides is 6. The van der Waals surface area contributed by atoms with E-state index in [1.54, 1.807) is 0 Å². The van der Waals surface area contributed by atoms with Crippen LogP contribution in [0.15, 0.2) is 18.2 Å². The fourth-order valence-electron chi connectivity index (χ4n) is 2.31. The molecule has 1 N–H and O–H groups in total. The number of carbonyl (C=O) groups is 2. The molecule has 0 spiro atoms. The van der Waals surface area contributed by atoms with Gasteiger partial charge in [0.2, 0.25) is 11.8 Å². The lowest BCUT2D eigenvalue weighted by atomic mass is 10.1. The fourth-order valence-corrected chi connectivity index (χ4v) is 2.31. The number of carbonyl (C=O) groups excluding carboxylic acids is 2. The molecule has 10 heteroatoms. The molecule has 0 bridgehead atoms. The Bertz CT molecular complexity index is 636. The number of nitrogens with one attached hydrogen (secondary N) is 1. The zero-order valence-electron chi connectivity index (χ0n) is 12.3. The van der Waals surface area contributed by atoms with E-state index in [0.29, 0.717) is 12.1 Å². The summed E-state index contributed by atoms with van der Waals surface area (Å²) in [6.45, 7) is 0.0513. The van der Waals surface area contributed by atoms with Gasteiger partial charge in [-0.05, 0) is 18.2 Å². The monoisotopic (exact) mass is 354 g/mol. The van der Waals surface area contributed by atoms with E-state index in [1.807, 2.05) is 5.32 Å². The van der Waals surface area contributed by atoms with Gasteiger partial charge in [-0.25, -0.2) is 0 Å². The predicted molar refractivity (Wildman–Crippen MR) is 70.8 cm³/mol. The van der Waals surface area contributed by atoms with Crippen LogP contribution in [0.4, 0.5) is 32.0 Å².